The van der Waals surface area contributed by atoms with Gasteiger partial charge in [-0.3, -0.25) is 10.1 Å². The maximum absolute atomic E-state index is 11.9. The van der Waals surface area contributed by atoms with Crippen molar-refractivity contribution in [3.05, 3.63) is 54.1 Å². The van der Waals surface area contributed by atoms with Crippen LogP contribution in [0, 0.1) is 0 Å². The van der Waals surface area contributed by atoms with Gasteiger partial charge in [0.05, 0.1) is 5.69 Å². The first-order valence-corrected chi connectivity index (χ1v) is 7.60. The predicted octanol–water partition coefficient (Wildman–Crippen LogP) is 3.85. The lowest BCUT2D eigenvalue weighted by Crippen LogP contribution is -2.15. The van der Waals surface area contributed by atoms with Gasteiger partial charge in [-0.15, -0.1) is 0 Å². The molecule has 2 aromatic rings. The zero-order valence-electron chi connectivity index (χ0n) is 13.3. The molecule has 0 saturated heterocycles. The molecule has 0 spiro atoms. The van der Waals surface area contributed by atoms with Crippen molar-refractivity contribution in [2.24, 2.45) is 0 Å². The zero-order chi connectivity index (χ0) is 17.4. The van der Waals surface area contributed by atoms with E-state index >= 15 is 0 Å². The van der Waals surface area contributed by atoms with Crippen LogP contribution in [-0.2, 0) is 16.1 Å². The van der Waals surface area contributed by atoms with Crippen LogP contribution < -0.4 is 10.1 Å². The second-order valence-corrected chi connectivity index (χ2v) is 5.09. The third kappa shape index (κ3) is 5.31. The summed E-state index contributed by atoms with van der Waals surface area (Å²) >= 11 is 0. The van der Waals surface area contributed by atoms with Crippen LogP contribution in [0.25, 0.3) is 0 Å². The Morgan fingerprint density at radius 1 is 1.12 bits per heavy atom. The lowest BCUT2D eigenvalue weighted by atomic mass is 10.2. The number of amides is 1. The summed E-state index contributed by atoms with van der Waals surface area (Å²) in [4.78, 5) is 23.5. The highest BCUT2D eigenvalue weighted by atomic mass is 16.6. The summed E-state index contributed by atoms with van der Waals surface area (Å²) < 4.78 is 10.3. The standard InChI is InChI=1S/C18H19NO5/c1-2-6-17(21)24-16-11-14(20)9-10-15(16)19-18(22)23-12-13-7-4-3-5-8-13/h3-5,7-11,20H,2,6,12H2,1H3,(H,19,22). The largest absolute Gasteiger partial charge is 0.508 e. The fraction of sp³-hybridized carbons (Fsp3) is 0.222. The van der Waals surface area contributed by atoms with Crippen molar-refractivity contribution in [3.63, 3.8) is 0 Å². The van der Waals surface area contributed by atoms with E-state index in [-0.39, 0.29) is 30.2 Å². The van der Waals surface area contributed by atoms with Crippen molar-refractivity contribution in [1.29, 1.82) is 0 Å². The van der Waals surface area contributed by atoms with E-state index in [1.807, 2.05) is 37.3 Å². The average Bonchev–Trinajstić information content (AvgIpc) is 2.56. The van der Waals surface area contributed by atoms with Crippen molar-refractivity contribution in [1.82, 2.24) is 0 Å². The molecule has 6 heteroatoms. The second kappa shape index (κ2) is 8.57. The molecule has 0 bridgehead atoms. The summed E-state index contributed by atoms with van der Waals surface area (Å²) in [6.45, 7) is 1.97. The highest BCUT2D eigenvalue weighted by Gasteiger charge is 2.13. The number of benzene rings is 2. The summed E-state index contributed by atoms with van der Waals surface area (Å²) in [6, 6.07) is 13.3. The number of ether oxygens (including phenoxy) is 2. The fourth-order valence-electron chi connectivity index (χ4n) is 1.95. The zero-order valence-corrected chi connectivity index (χ0v) is 13.3. The number of hydrogen-bond donors (Lipinski definition) is 2. The normalized spacial score (nSPS) is 10.0. The quantitative estimate of drug-likeness (QED) is 0.478. The molecule has 0 heterocycles. The summed E-state index contributed by atoms with van der Waals surface area (Å²) in [5.74, 6) is -0.439. The summed E-state index contributed by atoms with van der Waals surface area (Å²) in [5.41, 5.74) is 1.10. The van der Waals surface area contributed by atoms with E-state index in [0.717, 1.165) is 5.56 Å². The van der Waals surface area contributed by atoms with Crippen molar-refractivity contribution in [3.8, 4) is 11.5 Å². The molecule has 0 aliphatic rings. The monoisotopic (exact) mass is 329 g/mol. The van der Waals surface area contributed by atoms with E-state index in [9.17, 15) is 14.7 Å². The fourth-order valence-corrected chi connectivity index (χ4v) is 1.95. The van der Waals surface area contributed by atoms with Gasteiger partial charge in [0, 0.05) is 12.5 Å². The molecule has 1 amide bonds. The Hall–Kier alpha value is -3.02. The number of esters is 1. The third-order valence-corrected chi connectivity index (χ3v) is 3.09. The first kappa shape index (κ1) is 17.3. The van der Waals surface area contributed by atoms with Gasteiger partial charge >= 0.3 is 12.1 Å². The number of nitrogens with one attached hydrogen (secondary N) is 1. The summed E-state index contributed by atoms with van der Waals surface area (Å²) in [7, 11) is 0. The minimum Gasteiger partial charge on any atom is -0.508 e. The number of rotatable bonds is 6. The molecule has 24 heavy (non-hydrogen) atoms. The highest BCUT2D eigenvalue weighted by Crippen LogP contribution is 2.29. The summed E-state index contributed by atoms with van der Waals surface area (Å²) in [5, 5.41) is 12.0. The first-order valence-electron chi connectivity index (χ1n) is 7.60. The van der Waals surface area contributed by atoms with Crippen LogP contribution in [0.1, 0.15) is 25.3 Å². The minimum absolute atomic E-state index is 0.0718. The van der Waals surface area contributed by atoms with Crippen molar-refractivity contribution in [2.75, 3.05) is 5.32 Å². The molecule has 0 radical (unpaired) electrons. The minimum atomic E-state index is -0.683. The molecule has 2 aromatic carbocycles. The smallest absolute Gasteiger partial charge is 0.412 e. The van der Waals surface area contributed by atoms with Gasteiger partial charge in [0.2, 0.25) is 0 Å². The molecular weight excluding hydrogens is 310 g/mol. The van der Waals surface area contributed by atoms with Crippen molar-refractivity contribution >= 4 is 17.7 Å². The molecule has 0 unspecified atom stereocenters. The van der Waals surface area contributed by atoms with Gasteiger partial charge in [-0.1, -0.05) is 37.3 Å². The Morgan fingerprint density at radius 2 is 1.88 bits per heavy atom. The van der Waals surface area contributed by atoms with E-state index in [2.05, 4.69) is 5.32 Å². The van der Waals surface area contributed by atoms with Gasteiger partial charge in [0.1, 0.15) is 12.4 Å². The number of aromatic hydroxyl groups is 1. The first-order chi connectivity index (χ1) is 11.6. The third-order valence-electron chi connectivity index (χ3n) is 3.09. The van der Waals surface area contributed by atoms with Crippen molar-refractivity contribution < 1.29 is 24.2 Å². The lowest BCUT2D eigenvalue weighted by Gasteiger charge is -2.12. The van der Waals surface area contributed by atoms with Gasteiger partial charge in [0.15, 0.2) is 5.75 Å². The Labute approximate surface area is 140 Å². The highest BCUT2D eigenvalue weighted by molar-refractivity contribution is 5.88. The molecular formula is C18H19NO5. The van der Waals surface area contributed by atoms with Crippen LogP contribution >= 0.6 is 0 Å². The van der Waals surface area contributed by atoms with Crippen LogP contribution in [0.15, 0.2) is 48.5 Å². The van der Waals surface area contributed by atoms with Gasteiger partial charge in [-0.05, 0) is 24.1 Å². The van der Waals surface area contributed by atoms with Gasteiger partial charge in [-0.2, -0.15) is 0 Å². The van der Waals surface area contributed by atoms with Gasteiger partial charge in [-0.25, -0.2) is 4.79 Å². The van der Waals surface area contributed by atoms with Crippen LogP contribution in [0.2, 0.25) is 0 Å². The second-order valence-electron chi connectivity index (χ2n) is 5.09. The van der Waals surface area contributed by atoms with Gasteiger partial charge < -0.3 is 14.6 Å². The predicted molar refractivity (Wildman–Crippen MR) is 88.9 cm³/mol. The van der Waals surface area contributed by atoms with Gasteiger partial charge in [0.25, 0.3) is 0 Å². The molecule has 2 rings (SSSR count). The number of carbonyl (C=O) groups is 2. The van der Waals surface area contributed by atoms with E-state index in [0.29, 0.717) is 6.42 Å². The van der Waals surface area contributed by atoms with E-state index in [1.165, 1.54) is 18.2 Å². The number of carbonyl (C=O) groups excluding carboxylic acids is 2. The molecule has 0 atom stereocenters. The maximum Gasteiger partial charge on any atom is 0.412 e. The van der Waals surface area contributed by atoms with Crippen molar-refractivity contribution in [2.45, 2.75) is 26.4 Å². The molecule has 126 valence electrons. The lowest BCUT2D eigenvalue weighted by molar-refractivity contribution is -0.134. The van der Waals surface area contributed by atoms with Crippen LogP contribution in [-0.4, -0.2) is 17.2 Å². The van der Waals surface area contributed by atoms with Crippen LogP contribution in [0.5, 0.6) is 11.5 Å². The molecule has 0 fully saturated rings. The average molecular weight is 329 g/mol. The number of phenolic OH excluding ortho intramolecular Hbond substituents is 1. The molecule has 0 aliphatic carbocycles. The Bertz CT molecular complexity index is 700. The maximum atomic E-state index is 11.9. The SMILES string of the molecule is CCCC(=O)Oc1cc(O)ccc1NC(=O)OCc1ccccc1. The van der Waals surface area contributed by atoms with E-state index in [1.54, 1.807) is 0 Å². The Balaban J connectivity index is 2.00. The topological polar surface area (TPSA) is 84.9 Å². The Kier molecular flexibility index (Phi) is 6.19. The summed E-state index contributed by atoms with van der Waals surface area (Å²) in [6.07, 6.45) is 0.199. The van der Waals surface area contributed by atoms with Crippen LogP contribution in [0.3, 0.4) is 0 Å². The molecule has 2 N–H and O–H groups in total. The molecule has 0 aliphatic heterocycles. The van der Waals surface area contributed by atoms with E-state index in [4.69, 9.17) is 9.47 Å². The molecule has 6 nitrogen and oxygen atoms in total. The molecule has 0 aromatic heterocycles. The number of hydrogen-bond acceptors (Lipinski definition) is 5. The van der Waals surface area contributed by atoms with Crippen LogP contribution in [0.4, 0.5) is 10.5 Å². The molecule has 0 saturated carbocycles. The number of phenols is 1. The van der Waals surface area contributed by atoms with E-state index < -0.39 is 12.1 Å². The Morgan fingerprint density at radius 3 is 2.58 bits per heavy atom. The number of anilines is 1.